The van der Waals surface area contributed by atoms with Gasteiger partial charge in [-0.15, -0.1) is 12.4 Å². The molecule has 3 rings (SSSR count). The second-order valence-corrected chi connectivity index (χ2v) is 5.10. The Bertz CT molecular complexity index is 666. The summed E-state index contributed by atoms with van der Waals surface area (Å²) in [5.41, 5.74) is 0.804. The predicted molar refractivity (Wildman–Crippen MR) is 82.5 cm³/mol. The smallest absolute Gasteiger partial charge is 0.320 e. The van der Waals surface area contributed by atoms with Crippen LogP contribution in [0, 0.1) is 0 Å². The minimum Gasteiger partial charge on any atom is -0.486 e. The Morgan fingerprint density at radius 3 is 2.90 bits per heavy atom. The van der Waals surface area contributed by atoms with E-state index >= 15 is 0 Å². The number of carbonyl (C=O) groups is 1. The number of halogens is 2. The van der Waals surface area contributed by atoms with Crippen LogP contribution < -0.4 is 10.1 Å². The number of nitrogens with zero attached hydrogens (tertiary/aromatic N) is 1. The van der Waals surface area contributed by atoms with Gasteiger partial charge in [-0.25, -0.2) is 4.98 Å². The van der Waals surface area contributed by atoms with Gasteiger partial charge in [0.15, 0.2) is 10.9 Å². The van der Waals surface area contributed by atoms with Crippen molar-refractivity contribution < 1.29 is 14.6 Å². The van der Waals surface area contributed by atoms with E-state index in [0.717, 1.165) is 10.9 Å². The number of ether oxygens (including phenoxy) is 1. The molecule has 112 valence electrons. The number of carboxylic acid groups (broad SMARTS) is 1. The fourth-order valence-electron chi connectivity index (χ4n) is 2.32. The lowest BCUT2D eigenvalue weighted by Crippen LogP contribution is -2.30. The van der Waals surface area contributed by atoms with E-state index in [4.69, 9.17) is 21.4 Å². The maximum absolute atomic E-state index is 10.9. The maximum Gasteiger partial charge on any atom is 0.320 e. The van der Waals surface area contributed by atoms with Crippen molar-refractivity contribution in [2.45, 2.75) is 18.6 Å². The van der Waals surface area contributed by atoms with Gasteiger partial charge in [0.25, 0.3) is 0 Å². The van der Waals surface area contributed by atoms with Crippen molar-refractivity contribution in [2.24, 2.45) is 0 Å². The van der Waals surface area contributed by atoms with Crippen LogP contribution in [-0.2, 0) is 4.79 Å². The average molecular weight is 329 g/mol. The lowest BCUT2D eigenvalue weighted by molar-refractivity contribution is -0.139. The van der Waals surface area contributed by atoms with Gasteiger partial charge in [0, 0.05) is 18.4 Å². The van der Waals surface area contributed by atoms with E-state index in [1.54, 1.807) is 0 Å². The van der Waals surface area contributed by atoms with Crippen molar-refractivity contribution in [3.8, 4) is 5.75 Å². The second-order valence-electron chi connectivity index (χ2n) is 4.74. The van der Waals surface area contributed by atoms with Crippen LogP contribution in [-0.4, -0.2) is 34.8 Å². The van der Waals surface area contributed by atoms with E-state index in [9.17, 15) is 4.79 Å². The first-order valence-corrected chi connectivity index (χ1v) is 6.69. The summed E-state index contributed by atoms with van der Waals surface area (Å²) in [6.07, 6.45) is 0.204. The van der Waals surface area contributed by atoms with E-state index in [0.29, 0.717) is 23.9 Å². The van der Waals surface area contributed by atoms with E-state index < -0.39 is 12.0 Å². The molecule has 1 aliphatic rings. The topological polar surface area (TPSA) is 71.5 Å². The number of fused-ring (bicyclic) bond motifs is 1. The van der Waals surface area contributed by atoms with Crippen molar-refractivity contribution >= 4 is 40.9 Å². The van der Waals surface area contributed by atoms with Crippen LogP contribution in [0.3, 0.4) is 0 Å². The number of nitrogens with one attached hydrogen (secondary N) is 1. The monoisotopic (exact) mass is 328 g/mol. The van der Waals surface area contributed by atoms with Crippen LogP contribution in [0.5, 0.6) is 5.75 Å². The quantitative estimate of drug-likeness (QED) is 0.847. The normalized spacial score (nSPS) is 21.0. The molecule has 0 aliphatic carbocycles. The first kappa shape index (κ1) is 15.8. The molecular formula is C14H14Cl2N2O3. The van der Waals surface area contributed by atoms with E-state index in [1.807, 2.05) is 30.3 Å². The van der Waals surface area contributed by atoms with Crippen molar-refractivity contribution in [3.05, 3.63) is 35.5 Å². The van der Waals surface area contributed by atoms with Crippen LogP contribution in [0.4, 0.5) is 0 Å². The van der Waals surface area contributed by atoms with Crippen molar-refractivity contribution in [3.63, 3.8) is 0 Å². The SMILES string of the molecule is Cl.O=C(O)[C@@H]1C[C@@H](Oc2cc3ccccc3nc2Cl)CN1. The van der Waals surface area contributed by atoms with Gasteiger partial charge in [0.05, 0.1) is 5.52 Å². The van der Waals surface area contributed by atoms with Gasteiger partial charge in [-0.3, -0.25) is 4.79 Å². The Kier molecular flexibility index (Phi) is 4.88. The molecule has 0 bridgehead atoms. The Labute approximate surface area is 132 Å². The average Bonchev–Trinajstić information content (AvgIpc) is 2.88. The zero-order valence-corrected chi connectivity index (χ0v) is 12.5. The van der Waals surface area contributed by atoms with E-state index in [2.05, 4.69) is 10.3 Å². The van der Waals surface area contributed by atoms with Crippen molar-refractivity contribution in [1.29, 1.82) is 0 Å². The molecule has 21 heavy (non-hydrogen) atoms. The molecule has 2 heterocycles. The number of aromatic nitrogens is 1. The minimum atomic E-state index is -0.862. The van der Waals surface area contributed by atoms with Crippen molar-refractivity contribution in [2.75, 3.05) is 6.54 Å². The fraction of sp³-hybridized carbons (Fsp3) is 0.286. The van der Waals surface area contributed by atoms with Crippen LogP contribution in [0.1, 0.15) is 6.42 Å². The number of rotatable bonds is 3. The summed E-state index contributed by atoms with van der Waals surface area (Å²) in [6.45, 7) is 0.486. The molecule has 0 unspecified atom stereocenters. The Morgan fingerprint density at radius 1 is 1.43 bits per heavy atom. The molecule has 1 fully saturated rings. The molecule has 5 nitrogen and oxygen atoms in total. The number of benzene rings is 1. The summed E-state index contributed by atoms with van der Waals surface area (Å²) in [4.78, 5) is 15.2. The zero-order chi connectivity index (χ0) is 14.1. The second kappa shape index (κ2) is 6.47. The summed E-state index contributed by atoms with van der Waals surface area (Å²) >= 11 is 6.11. The molecule has 0 amide bonds. The molecule has 0 spiro atoms. The molecule has 1 aromatic heterocycles. The Hall–Kier alpha value is -1.56. The number of carboxylic acids is 1. The molecule has 1 saturated heterocycles. The highest BCUT2D eigenvalue weighted by molar-refractivity contribution is 6.31. The third-order valence-electron chi connectivity index (χ3n) is 3.33. The molecule has 2 N–H and O–H groups in total. The highest BCUT2D eigenvalue weighted by Gasteiger charge is 2.30. The van der Waals surface area contributed by atoms with Gasteiger partial charge in [0.1, 0.15) is 12.1 Å². The third kappa shape index (κ3) is 3.37. The summed E-state index contributed by atoms with van der Waals surface area (Å²) in [5.74, 6) is -0.373. The first-order chi connectivity index (χ1) is 9.63. The molecule has 1 aromatic carbocycles. The van der Waals surface area contributed by atoms with Gasteiger partial charge >= 0.3 is 5.97 Å². The number of hydrogen-bond acceptors (Lipinski definition) is 4. The van der Waals surface area contributed by atoms with Crippen molar-refractivity contribution in [1.82, 2.24) is 10.3 Å². The van der Waals surface area contributed by atoms with Gasteiger partial charge in [0.2, 0.25) is 0 Å². The predicted octanol–water partition coefficient (Wildman–Crippen LogP) is 2.50. The van der Waals surface area contributed by atoms with E-state index in [1.165, 1.54) is 0 Å². The molecule has 7 heteroatoms. The number of para-hydroxylation sites is 1. The molecular weight excluding hydrogens is 315 g/mol. The molecule has 1 aliphatic heterocycles. The Balaban J connectivity index is 0.00000161. The highest BCUT2D eigenvalue weighted by Crippen LogP contribution is 2.29. The first-order valence-electron chi connectivity index (χ1n) is 6.31. The molecule has 0 radical (unpaired) electrons. The maximum atomic E-state index is 10.9. The fourth-order valence-corrected chi connectivity index (χ4v) is 2.51. The summed E-state index contributed by atoms with van der Waals surface area (Å²) in [7, 11) is 0. The van der Waals surface area contributed by atoms with E-state index in [-0.39, 0.29) is 18.5 Å². The number of hydrogen-bond donors (Lipinski definition) is 2. The lowest BCUT2D eigenvalue weighted by Gasteiger charge is -2.14. The third-order valence-corrected chi connectivity index (χ3v) is 3.60. The van der Waals surface area contributed by atoms with Gasteiger partial charge in [-0.1, -0.05) is 29.8 Å². The van der Waals surface area contributed by atoms with Gasteiger partial charge < -0.3 is 15.2 Å². The van der Waals surface area contributed by atoms with Crippen LogP contribution in [0.15, 0.2) is 30.3 Å². The molecule has 0 saturated carbocycles. The summed E-state index contributed by atoms with van der Waals surface area (Å²) < 4.78 is 5.77. The largest absolute Gasteiger partial charge is 0.486 e. The van der Waals surface area contributed by atoms with Crippen LogP contribution in [0.25, 0.3) is 10.9 Å². The van der Waals surface area contributed by atoms with Crippen LogP contribution >= 0.6 is 24.0 Å². The molecule has 2 atom stereocenters. The summed E-state index contributed by atoms with van der Waals surface area (Å²) in [6, 6.07) is 8.89. The van der Waals surface area contributed by atoms with Gasteiger partial charge in [-0.05, 0) is 12.1 Å². The highest BCUT2D eigenvalue weighted by atomic mass is 35.5. The molecule has 2 aromatic rings. The standard InChI is InChI=1S/C14H13ClN2O3.ClH/c15-13-12(5-8-3-1-2-4-10(8)17-13)20-9-6-11(14(18)19)16-7-9;/h1-5,9,11,16H,6-7H2,(H,18,19);1H/t9-,11+;/m1./s1. The Morgan fingerprint density at radius 2 is 2.19 bits per heavy atom. The lowest BCUT2D eigenvalue weighted by atomic mass is 10.2. The van der Waals surface area contributed by atoms with Gasteiger partial charge in [-0.2, -0.15) is 0 Å². The summed E-state index contributed by atoms with van der Waals surface area (Å²) in [5, 5.41) is 13.1. The zero-order valence-electron chi connectivity index (χ0n) is 11.0. The number of pyridine rings is 1. The van der Waals surface area contributed by atoms with Crippen LogP contribution in [0.2, 0.25) is 5.15 Å². The minimum absolute atomic E-state index is 0. The number of aliphatic carboxylic acids is 1.